The third-order valence-electron chi connectivity index (χ3n) is 3.14. The Hall–Kier alpha value is -2.07. The molecule has 1 N–H and O–H groups in total. The van der Waals surface area contributed by atoms with Gasteiger partial charge < -0.3 is 9.88 Å². The van der Waals surface area contributed by atoms with E-state index in [1.54, 1.807) is 11.3 Å². The molecule has 0 saturated carbocycles. The van der Waals surface area contributed by atoms with Gasteiger partial charge in [0.2, 0.25) is 5.95 Å². The highest BCUT2D eigenvalue weighted by Crippen LogP contribution is 2.25. The van der Waals surface area contributed by atoms with Crippen molar-refractivity contribution in [1.82, 2.24) is 9.55 Å². The van der Waals surface area contributed by atoms with Crippen LogP contribution in [0.3, 0.4) is 0 Å². The average molecular weight is 269 g/mol. The van der Waals surface area contributed by atoms with E-state index in [4.69, 9.17) is 0 Å². The van der Waals surface area contributed by atoms with Crippen LogP contribution in [0.1, 0.15) is 18.5 Å². The van der Waals surface area contributed by atoms with Crippen LogP contribution in [-0.2, 0) is 0 Å². The molecule has 96 valence electrons. The van der Waals surface area contributed by atoms with Gasteiger partial charge in [0.05, 0.1) is 6.04 Å². The second kappa shape index (κ2) is 5.28. The van der Waals surface area contributed by atoms with Gasteiger partial charge in [0.25, 0.3) is 0 Å². The molecule has 1 atom stereocenters. The van der Waals surface area contributed by atoms with E-state index in [1.165, 1.54) is 5.56 Å². The van der Waals surface area contributed by atoms with Crippen molar-refractivity contribution in [3.05, 3.63) is 65.1 Å². The maximum absolute atomic E-state index is 4.40. The van der Waals surface area contributed by atoms with Crippen molar-refractivity contribution in [2.24, 2.45) is 0 Å². The maximum atomic E-state index is 4.40. The number of hydrogen-bond acceptors (Lipinski definition) is 3. The van der Waals surface area contributed by atoms with Crippen LogP contribution in [0.4, 0.5) is 11.6 Å². The van der Waals surface area contributed by atoms with Gasteiger partial charge in [-0.2, -0.15) is 11.3 Å². The number of benzene rings is 1. The Bertz CT molecular complexity index is 628. The predicted octanol–water partition coefficient (Wildman–Crippen LogP) is 4.30. The minimum atomic E-state index is 0.278. The van der Waals surface area contributed by atoms with Crippen LogP contribution in [0.25, 0.3) is 0 Å². The quantitative estimate of drug-likeness (QED) is 0.765. The third-order valence-corrected chi connectivity index (χ3v) is 3.84. The van der Waals surface area contributed by atoms with E-state index in [1.807, 2.05) is 42.7 Å². The molecule has 0 aliphatic heterocycles. The van der Waals surface area contributed by atoms with E-state index in [-0.39, 0.29) is 6.04 Å². The van der Waals surface area contributed by atoms with E-state index in [2.05, 4.69) is 38.6 Å². The summed E-state index contributed by atoms with van der Waals surface area (Å²) in [4.78, 5) is 4.40. The molecule has 1 aromatic carbocycles. The van der Waals surface area contributed by atoms with Crippen molar-refractivity contribution >= 4 is 23.0 Å². The van der Waals surface area contributed by atoms with Gasteiger partial charge in [-0.05, 0) is 41.4 Å². The largest absolute Gasteiger partial charge is 0.326 e. The number of imidazole rings is 1. The van der Waals surface area contributed by atoms with Gasteiger partial charge in [-0.1, -0.05) is 18.2 Å². The molecule has 3 aromatic rings. The molecule has 1 unspecified atom stereocenters. The van der Waals surface area contributed by atoms with Crippen LogP contribution in [0.15, 0.2) is 59.6 Å². The topological polar surface area (TPSA) is 29.9 Å². The van der Waals surface area contributed by atoms with Crippen LogP contribution >= 0.6 is 11.3 Å². The summed E-state index contributed by atoms with van der Waals surface area (Å²) in [5.74, 6) is 0.866. The number of hydrogen-bond donors (Lipinski definition) is 1. The zero-order valence-corrected chi connectivity index (χ0v) is 11.5. The first-order chi connectivity index (χ1) is 9.34. The van der Waals surface area contributed by atoms with E-state index in [9.17, 15) is 0 Å². The van der Waals surface area contributed by atoms with Gasteiger partial charge in [-0.15, -0.1) is 0 Å². The summed E-state index contributed by atoms with van der Waals surface area (Å²) < 4.78 is 2.15. The summed E-state index contributed by atoms with van der Waals surface area (Å²) in [6.07, 6.45) is 3.84. The predicted molar refractivity (Wildman–Crippen MR) is 80.1 cm³/mol. The molecule has 4 heteroatoms. The Kier molecular flexibility index (Phi) is 3.33. The van der Waals surface area contributed by atoms with Crippen molar-refractivity contribution in [1.29, 1.82) is 0 Å². The number of anilines is 2. The summed E-state index contributed by atoms with van der Waals surface area (Å²) in [5, 5.41) is 7.63. The molecular weight excluding hydrogens is 254 g/mol. The Morgan fingerprint density at radius 1 is 1.21 bits per heavy atom. The highest BCUT2D eigenvalue weighted by atomic mass is 32.1. The molecule has 19 heavy (non-hydrogen) atoms. The standard InChI is InChI=1S/C15H15N3S/c1-12(13-7-10-19-11-13)18-9-8-16-15(18)17-14-5-3-2-4-6-14/h2-12H,1H3,(H,16,17). The molecule has 0 saturated heterocycles. The lowest BCUT2D eigenvalue weighted by Crippen LogP contribution is -2.08. The highest BCUT2D eigenvalue weighted by Gasteiger charge is 2.12. The van der Waals surface area contributed by atoms with Gasteiger partial charge in [0.1, 0.15) is 0 Å². The first-order valence-electron chi connectivity index (χ1n) is 6.21. The minimum absolute atomic E-state index is 0.278. The molecule has 0 bridgehead atoms. The molecule has 2 aromatic heterocycles. The molecule has 3 nitrogen and oxygen atoms in total. The van der Waals surface area contributed by atoms with Gasteiger partial charge in [-0.25, -0.2) is 4.98 Å². The van der Waals surface area contributed by atoms with E-state index in [0.29, 0.717) is 0 Å². The van der Waals surface area contributed by atoms with Crippen molar-refractivity contribution in [2.45, 2.75) is 13.0 Å². The van der Waals surface area contributed by atoms with Crippen molar-refractivity contribution in [3.63, 3.8) is 0 Å². The van der Waals surface area contributed by atoms with E-state index >= 15 is 0 Å². The molecular formula is C15H15N3S. The average Bonchev–Trinajstić information content (AvgIpc) is 3.10. The zero-order valence-electron chi connectivity index (χ0n) is 10.7. The number of para-hydroxylation sites is 1. The van der Waals surface area contributed by atoms with Crippen molar-refractivity contribution < 1.29 is 0 Å². The summed E-state index contributed by atoms with van der Waals surface area (Å²) in [6, 6.07) is 12.5. The fourth-order valence-electron chi connectivity index (χ4n) is 2.05. The first kappa shape index (κ1) is 12.0. The second-order valence-corrected chi connectivity index (χ2v) is 5.16. The lowest BCUT2D eigenvalue weighted by Gasteiger charge is -2.16. The number of rotatable bonds is 4. The monoisotopic (exact) mass is 269 g/mol. The van der Waals surface area contributed by atoms with E-state index < -0.39 is 0 Å². The van der Waals surface area contributed by atoms with Gasteiger partial charge in [-0.3, -0.25) is 0 Å². The molecule has 0 amide bonds. The summed E-state index contributed by atoms with van der Waals surface area (Å²) in [5.41, 5.74) is 2.35. The Labute approximate surface area is 116 Å². The summed E-state index contributed by atoms with van der Waals surface area (Å²) >= 11 is 1.72. The minimum Gasteiger partial charge on any atom is -0.326 e. The van der Waals surface area contributed by atoms with Crippen molar-refractivity contribution in [3.8, 4) is 0 Å². The smallest absolute Gasteiger partial charge is 0.207 e. The number of nitrogens with zero attached hydrogens (tertiary/aromatic N) is 2. The molecule has 0 aliphatic carbocycles. The SMILES string of the molecule is CC(c1ccsc1)n1ccnc1Nc1ccccc1. The fourth-order valence-corrected chi connectivity index (χ4v) is 2.79. The van der Waals surface area contributed by atoms with E-state index in [0.717, 1.165) is 11.6 Å². The zero-order chi connectivity index (χ0) is 13.1. The number of nitrogens with one attached hydrogen (secondary N) is 1. The first-order valence-corrected chi connectivity index (χ1v) is 7.16. The summed E-state index contributed by atoms with van der Waals surface area (Å²) in [6.45, 7) is 2.18. The number of aromatic nitrogens is 2. The molecule has 2 heterocycles. The normalized spacial score (nSPS) is 12.3. The Morgan fingerprint density at radius 3 is 2.79 bits per heavy atom. The molecule has 0 radical (unpaired) electrons. The Morgan fingerprint density at radius 2 is 2.05 bits per heavy atom. The van der Waals surface area contributed by atoms with Crippen LogP contribution in [0.5, 0.6) is 0 Å². The van der Waals surface area contributed by atoms with Gasteiger partial charge in [0.15, 0.2) is 0 Å². The fraction of sp³-hybridized carbons (Fsp3) is 0.133. The van der Waals surface area contributed by atoms with Crippen LogP contribution in [0, 0.1) is 0 Å². The van der Waals surface area contributed by atoms with Gasteiger partial charge >= 0.3 is 0 Å². The molecule has 0 fully saturated rings. The molecule has 0 aliphatic rings. The third kappa shape index (κ3) is 2.53. The number of thiophene rings is 1. The van der Waals surface area contributed by atoms with Crippen LogP contribution < -0.4 is 5.32 Å². The lowest BCUT2D eigenvalue weighted by atomic mass is 10.2. The Balaban J connectivity index is 1.87. The molecule has 3 rings (SSSR count). The lowest BCUT2D eigenvalue weighted by molar-refractivity contribution is 0.649. The summed E-state index contributed by atoms with van der Waals surface area (Å²) in [7, 11) is 0. The van der Waals surface area contributed by atoms with Crippen LogP contribution in [0.2, 0.25) is 0 Å². The van der Waals surface area contributed by atoms with Gasteiger partial charge in [0, 0.05) is 18.1 Å². The molecule has 0 spiro atoms. The highest BCUT2D eigenvalue weighted by molar-refractivity contribution is 7.07. The van der Waals surface area contributed by atoms with Crippen LogP contribution in [-0.4, -0.2) is 9.55 Å². The maximum Gasteiger partial charge on any atom is 0.207 e. The van der Waals surface area contributed by atoms with Crippen molar-refractivity contribution in [2.75, 3.05) is 5.32 Å². The second-order valence-electron chi connectivity index (χ2n) is 4.38.